The highest BCUT2D eigenvalue weighted by atomic mass is 19.1. The third-order valence-electron chi connectivity index (χ3n) is 10.8. The van der Waals surface area contributed by atoms with E-state index in [1.807, 2.05) is 65.1 Å². The summed E-state index contributed by atoms with van der Waals surface area (Å²) in [6.07, 6.45) is 4.02. The summed E-state index contributed by atoms with van der Waals surface area (Å²) in [6.45, 7) is 10.0. The number of aromatic nitrogens is 7. The Labute approximate surface area is 333 Å². The number of urea groups is 1. The van der Waals surface area contributed by atoms with Crippen LogP contribution in [0.4, 0.5) is 15.0 Å². The van der Waals surface area contributed by atoms with E-state index in [-0.39, 0.29) is 43.3 Å². The van der Waals surface area contributed by atoms with Gasteiger partial charge in [0.25, 0.3) is 11.7 Å². The van der Waals surface area contributed by atoms with Crippen molar-refractivity contribution in [2.45, 2.75) is 71.0 Å². The van der Waals surface area contributed by atoms with Crippen molar-refractivity contribution < 1.29 is 28.0 Å². The molecule has 6 aromatic rings. The first-order valence-corrected chi connectivity index (χ1v) is 19.4. The van der Waals surface area contributed by atoms with Crippen molar-refractivity contribution >= 4 is 40.1 Å². The zero-order valence-electron chi connectivity index (χ0n) is 33.2. The fraction of sp³-hybridized carbons (Fsp3) is 0.415. The number of amides is 4. The molecule has 17 heteroatoms. The Hall–Kier alpha value is -6.23. The highest BCUT2D eigenvalue weighted by Gasteiger charge is 2.29. The van der Waals surface area contributed by atoms with E-state index in [0.29, 0.717) is 35.6 Å². The monoisotopic (exact) mass is 791 g/mol. The van der Waals surface area contributed by atoms with Crippen molar-refractivity contribution in [3.63, 3.8) is 0 Å². The Morgan fingerprint density at radius 3 is 2.64 bits per heavy atom. The fourth-order valence-electron chi connectivity index (χ4n) is 7.57. The normalized spacial score (nSPS) is 16.3. The number of halogens is 1. The van der Waals surface area contributed by atoms with E-state index in [2.05, 4.69) is 53.0 Å². The van der Waals surface area contributed by atoms with Crippen molar-refractivity contribution in [2.24, 2.45) is 7.05 Å². The van der Waals surface area contributed by atoms with Crippen LogP contribution in [0.5, 0.6) is 5.75 Å². The number of rotatable bonds is 11. The first-order chi connectivity index (χ1) is 27.8. The third-order valence-corrected chi connectivity index (χ3v) is 10.8. The average molecular weight is 792 g/mol. The number of fused-ring (bicyclic) bond motifs is 2. The van der Waals surface area contributed by atoms with Crippen LogP contribution in [-0.2, 0) is 23.8 Å². The molecule has 58 heavy (non-hydrogen) atoms. The van der Waals surface area contributed by atoms with E-state index in [9.17, 15) is 14.4 Å². The number of alkyl halides is 1. The molecule has 0 bridgehead atoms. The van der Waals surface area contributed by atoms with E-state index in [0.717, 1.165) is 59.0 Å². The van der Waals surface area contributed by atoms with Gasteiger partial charge in [0.05, 0.1) is 22.9 Å². The summed E-state index contributed by atoms with van der Waals surface area (Å²) in [5.41, 5.74) is 5.90. The lowest BCUT2D eigenvalue weighted by atomic mass is 9.89. The number of aryl methyl sites for hydroxylation is 2. The SMILES string of the molecule is Cc1cc(-c2ncnn3cc(OCC(F)CN4CCC(c5ccc6c(N7CCC(=O)NC7=O)nn(C)c6c5)CC4)cc23)ccc1CNC(=O)c1noc(C(C)(C)C)n1. The van der Waals surface area contributed by atoms with Crippen LogP contribution >= 0.6 is 0 Å². The number of hydrogen-bond acceptors (Lipinski definition) is 11. The lowest BCUT2D eigenvalue weighted by molar-refractivity contribution is -0.120. The van der Waals surface area contributed by atoms with Gasteiger partial charge in [0.1, 0.15) is 24.9 Å². The van der Waals surface area contributed by atoms with E-state index in [1.165, 1.54) is 16.8 Å². The topological polar surface area (TPSA) is 178 Å². The van der Waals surface area contributed by atoms with Gasteiger partial charge in [0, 0.05) is 55.5 Å². The van der Waals surface area contributed by atoms with Crippen molar-refractivity contribution in [1.29, 1.82) is 0 Å². The van der Waals surface area contributed by atoms with Crippen molar-refractivity contribution in [3.05, 3.63) is 83.4 Å². The minimum atomic E-state index is -1.19. The summed E-state index contributed by atoms with van der Waals surface area (Å²) in [4.78, 5) is 49.2. The van der Waals surface area contributed by atoms with Gasteiger partial charge in [-0.3, -0.25) is 24.5 Å². The summed E-state index contributed by atoms with van der Waals surface area (Å²) >= 11 is 0. The van der Waals surface area contributed by atoms with Crippen LogP contribution in [0.2, 0.25) is 0 Å². The predicted octanol–water partition coefficient (Wildman–Crippen LogP) is 5.24. The molecule has 0 saturated carbocycles. The molecule has 6 heterocycles. The minimum Gasteiger partial charge on any atom is -0.489 e. The molecule has 302 valence electrons. The van der Waals surface area contributed by atoms with Gasteiger partial charge in [0.2, 0.25) is 11.8 Å². The summed E-state index contributed by atoms with van der Waals surface area (Å²) in [7, 11) is 1.85. The van der Waals surface area contributed by atoms with Gasteiger partial charge in [-0.25, -0.2) is 18.7 Å². The van der Waals surface area contributed by atoms with Crippen molar-refractivity contribution in [3.8, 4) is 17.0 Å². The van der Waals surface area contributed by atoms with E-state index >= 15 is 4.39 Å². The molecule has 0 spiro atoms. The molecule has 2 aromatic carbocycles. The molecular formula is C41H46FN11O5. The van der Waals surface area contributed by atoms with Crippen LogP contribution in [0, 0.1) is 6.92 Å². The highest BCUT2D eigenvalue weighted by Crippen LogP contribution is 2.34. The van der Waals surface area contributed by atoms with Crippen molar-refractivity contribution in [1.82, 2.24) is 50.1 Å². The molecule has 2 N–H and O–H groups in total. The van der Waals surface area contributed by atoms with Crippen LogP contribution in [0.1, 0.15) is 79.2 Å². The molecule has 16 nitrogen and oxygen atoms in total. The lowest BCUT2D eigenvalue weighted by Crippen LogP contribution is -2.49. The number of carbonyl (C=O) groups is 3. The Balaban J connectivity index is 0.838. The molecule has 0 radical (unpaired) electrons. The maximum atomic E-state index is 15.4. The number of imide groups is 1. The molecule has 0 aliphatic carbocycles. The Morgan fingerprint density at radius 2 is 1.90 bits per heavy atom. The standard InChI is InChI=1S/C41H46FN11O5/c1-24-16-27(6-7-28(24)19-43-38(55)36-47-39(58-49-36)41(2,3)4)35-33-18-30(21-53(33)45-23-44-35)57-22-29(42)20-51-13-10-25(11-14-51)26-8-9-31-32(17-26)50(5)48-37(31)52-15-12-34(54)46-40(52)56/h6-9,16-18,21,23,25,29H,10-15,19-20,22H2,1-5H3,(H,43,55)(H,46,54,56). The number of piperidine rings is 1. The summed E-state index contributed by atoms with van der Waals surface area (Å²) in [5.74, 6) is 1.05. The summed E-state index contributed by atoms with van der Waals surface area (Å²) in [6, 6.07) is 13.5. The Bertz CT molecular complexity index is 2510. The van der Waals surface area contributed by atoms with Crippen molar-refractivity contribution in [2.75, 3.05) is 37.7 Å². The van der Waals surface area contributed by atoms with Crippen LogP contribution in [0.3, 0.4) is 0 Å². The number of anilines is 1. The maximum absolute atomic E-state index is 15.4. The van der Waals surface area contributed by atoms with Gasteiger partial charge >= 0.3 is 6.03 Å². The molecular weight excluding hydrogens is 746 g/mol. The number of carbonyl (C=O) groups excluding carboxylic acids is 3. The van der Waals surface area contributed by atoms with E-state index < -0.39 is 18.1 Å². The highest BCUT2D eigenvalue weighted by molar-refractivity contribution is 6.08. The quantitative estimate of drug-likeness (QED) is 0.175. The van der Waals surface area contributed by atoms with E-state index in [1.54, 1.807) is 15.4 Å². The molecule has 8 rings (SSSR count). The average Bonchev–Trinajstić information content (AvgIpc) is 3.94. The lowest BCUT2D eigenvalue weighted by Gasteiger charge is -2.33. The van der Waals surface area contributed by atoms with Crippen LogP contribution < -0.4 is 20.3 Å². The first kappa shape index (κ1) is 38.6. The third kappa shape index (κ3) is 7.98. The zero-order chi connectivity index (χ0) is 40.7. The number of nitrogens with zero attached hydrogens (tertiary/aromatic N) is 9. The molecule has 2 fully saturated rings. The maximum Gasteiger partial charge on any atom is 0.329 e. The van der Waals surface area contributed by atoms with Gasteiger partial charge in [-0.15, -0.1) is 0 Å². The number of hydrogen-bond donors (Lipinski definition) is 2. The van der Waals surface area contributed by atoms with Crippen LogP contribution in [0.15, 0.2) is 59.5 Å². The second-order valence-electron chi connectivity index (χ2n) is 16.1. The van der Waals surface area contributed by atoms with Gasteiger partial charge in [-0.2, -0.15) is 15.2 Å². The van der Waals surface area contributed by atoms with Gasteiger partial charge in [0.15, 0.2) is 5.82 Å². The predicted molar refractivity (Wildman–Crippen MR) is 212 cm³/mol. The smallest absolute Gasteiger partial charge is 0.329 e. The van der Waals surface area contributed by atoms with Gasteiger partial charge in [-0.1, -0.05) is 44.1 Å². The molecule has 2 aliphatic rings. The second-order valence-corrected chi connectivity index (χ2v) is 16.1. The molecule has 2 saturated heterocycles. The Kier molecular flexibility index (Phi) is 10.4. The largest absolute Gasteiger partial charge is 0.489 e. The number of nitrogens with one attached hydrogen (secondary N) is 2. The van der Waals surface area contributed by atoms with Crippen LogP contribution in [0.25, 0.3) is 27.7 Å². The molecule has 4 aromatic heterocycles. The van der Waals surface area contributed by atoms with Gasteiger partial charge < -0.3 is 19.5 Å². The first-order valence-electron chi connectivity index (χ1n) is 19.4. The second kappa shape index (κ2) is 15.6. The molecule has 4 amide bonds. The fourth-order valence-corrected chi connectivity index (χ4v) is 7.57. The summed E-state index contributed by atoms with van der Waals surface area (Å²) in [5, 5.41) is 18.9. The van der Waals surface area contributed by atoms with Gasteiger partial charge in [-0.05, 0) is 73.7 Å². The summed E-state index contributed by atoms with van der Waals surface area (Å²) < 4.78 is 30.0. The molecule has 1 atom stereocenters. The van der Waals surface area contributed by atoms with E-state index in [4.69, 9.17) is 9.26 Å². The number of likely N-dealkylation sites (tertiary alicyclic amines) is 1. The minimum absolute atomic E-state index is 0.00534. The number of benzene rings is 2. The molecule has 1 unspecified atom stereocenters. The Morgan fingerprint density at radius 1 is 1.09 bits per heavy atom. The number of ether oxygens (including phenoxy) is 1. The van der Waals surface area contributed by atoms with Crippen LogP contribution in [-0.4, -0.2) is 96.2 Å². The zero-order valence-corrected chi connectivity index (χ0v) is 33.2. The molecule has 2 aliphatic heterocycles.